The minimum Gasteiger partial charge on any atom is -0.496 e. The maximum absolute atomic E-state index is 13.7. The second kappa shape index (κ2) is 7.39. The molecule has 1 N–H and O–H groups in total. The normalized spacial score (nSPS) is 20.0. The molecule has 1 amide bonds. The number of amides is 1. The summed E-state index contributed by atoms with van der Waals surface area (Å²) in [4.78, 5) is 27.8. The molecule has 1 unspecified atom stereocenters. The molecule has 0 spiro atoms. The van der Waals surface area contributed by atoms with Crippen LogP contribution in [0.5, 0.6) is 5.75 Å². The van der Waals surface area contributed by atoms with Crippen molar-refractivity contribution in [3.05, 3.63) is 29.6 Å². The van der Waals surface area contributed by atoms with Gasteiger partial charge in [-0.15, -0.1) is 0 Å². The number of nitrogens with zero attached hydrogens (tertiary/aromatic N) is 2. The van der Waals surface area contributed by atoms with E-state index >= 15 is 0 Å². The van der Waals surface area contributed by atoms with Gasteiger partial charge in [0.2, 0.25) is 5.91 Å². The predicted molar refractivity (Wildman–Crippen MR) is 88.8 cm³/mol. The first-order chi connectivity index (χ1) is 12.0. The third-order valence-electron chi connectivity index (χ3n) is 5.17. The molecule has 1 aliphatic heterocycles. The van der Waals surface area contributed by atoms with Crippen LogP contribution in [0.15, 0.2) is 18.2 Å². The molecular formula is C18H23FN2O4. The first-order valence-electron chi connectivity index (χ1n) is 8.60. The number of methoxy groups -OCH3 is 1. The summed E-state index contributed by atoms with van der Waals surface area (Å²) in [5.41, 5.74) is 0.300. The van der Waals surface area contributed by atoms with E-state index in [1.165, 1.54) is 25.3 Å². The molecule has 1 saturated carbocycles. The number of ether oxygens (including phenoxy) is 1. The molecule has 6 nitrogen and oxygen atoms in total. The number of carbonyl (C=O) groups is 2. The fourth-order valence-electron chi connectivity index (χ4n) is 3.52. The second-order valence-corrected chi connectivity index (χ2v) is 6.62. The van der Waals surface area contributed by atoms with Crippen LogP contribution < -0.4 is 4.74 Å². The largest absolute Gasteiger partial charge is 0.496 e. The van der Waals surface area contributed by atoms with E-state index in [9.17, 15) is 19.1 Å². The minimum absolute atomic E-state index is 0.144. The van der Waals surface area contributed by atoms with Gasteiger partial charge in [0.1, 0.15) is 17.6 Å². The average molecular weight is 350 g/mol. The first-order valence-corrected chi connectivity index (χ1v) is 8.60. The SMILES string of the molecule is COc1ccc(F)cc1C(C(=O)O)N1CCN(C(=O)C2CCC2)CC1. The molecule has 136 valence electrons. The summed E-state index contributed by atoms with van der Waals surface area (Å²) in [6, 6.07) is 2.91. The zero-order chi connectivity index (χ0) is 18.0. The Hall–Kier alpha value is -2.15. The molecule has 1 aliphatic carbocycles. The third-order valence-corrected chi connectivity index (χ3v) is 5.17. The van der Waals surface area contributed by atoms with Crippen LogP contribution in [0.2, 0.25) is 0 Å². The van der Waals surface area contributed by atoms with Crippen LogP contribution in [-0.4, -0.2) is 60.1 Å². The molecule has 1 saturated heterocycles. The Kier molecular flexibility index (Phi) is 5.22. The topological polar surface area (TPSA) is 70.1 Å². The standard InChI is InChI=1S/C18H23FN2O4/c1-25-15-6-5-13(19)11-14(15)16(18(23)24)20-7-9-21(10-8-20)17(22)12-3-2-4-12/h5-6,11-12,16H,2-4,7-10H2,1H3,(H,23,24). The molecule has 7 heteroatoms. The van der Waals surface area contributed by atoms with Gasteiger partial charge in [0.25, 0.3) is 0 Å². The molecule has 2 fully saturated rings. The van der Waals surface area contributed by atoms with Gasteiger partial charge in [-0.05, 0) is 31.0 Å². The van der Waals surface area contributed by atoms with Gasteiger partial charge >= 0.3 is 5.97 Å². The van der Waals surface area contributed by atoms with E-state index in [1.807, 2.05) is 4.90 Å². The van der Waals surface area contributed by atoms with Crippen LogP contribution in [-0.2, 0) is 9.59 Å². The van der Waals surface area contributed by atoms with Crippen molar-refractivity contribution in [2.75, 3.05) is 33.3 Å². The summed E-state index contributed by atoms with van der Waals surface area (Å²) in [5.74, 6) is -0.878. The van der Waals surface area contributed by atoms with Crippen molar-refractivity contribution in [3.8, 4) is 5.75 Å². The van der Waals surface area contributed by atoms with Crippen molar-refractivity contribution in [2.24, 2.45) is 5.92 Å². The molecule has 1 aromatic rings. The number of benzene rings is 1. The van der Waals surface area contributed by atoms with Crippen molar-refractivity contribution in [1.82, 2.24) is 9.80 Å². The Morgan fingerprint density at radius 3 is 2.44 bits per heavy atom. The Morgan fingerprint density at radius 1 is 1.24 bits per heavy atom. The molecular weight excluding hydrogens is 327 g/mol. The number of carboxylic acids is 1. The average Bonchev–Trinajstić information content (AvgIpc) is 2.54. The van der Waals surface area contributed by atoms with Crippen LogP contribution in [0.25, 0.3) is 0 Å². The molecule has 1 heterocycles. The zero-order valence-electron chi connectivity index (χ0n) is 14.3. The number of carbonyl (C=O) groups excluding carboxylic acids is 1. The molecule has 1 aromatic carbocycles. The van der Waals surface area contributed by atoms with E-state index in [1.54, 1.807) is 4.90 Å². The van der Waals surface area contributed by atoms with Crippen molar-refractivity contribution < 1.29 is 23.8 Å². The Labute approximate surface area is 146 Å². The van der Waals surface area contributed by atoms with E-state index in [4.69, 9.17) is 4.74 Å². The highest BCUT2D eigenvalue weighted by Crippen LogP contribution is 2.32. The first kappa shape index (κ1) is 17.7. The van der Waals surface area contributed by atoms with Gasteiger partial charge in [-0.3, -0.25) is 14.5 Å². The highest BCUT2D eigenvalue weighted by molar-refractivity contribution is 5.80. The van der Waals surface area contributed by atoms with Crippen molar-refractivity contribution in [3.63, 3.8) is 0 Å². The summed E-state index contributed by atoms with van der Waals surface area (Å²) in [5, 5.41) is 9.70. The molecule has 2 aliphatic rings. The molecule has 0 aromatic heterocycles. The van der Waals surface area contributed by atoms with Gasteiger partial charge in [-0.25, -0.2) is 4.39 Å². The number of carboxylic acid groups (broad SMARTS) is 1. The monoisotopic (exact) mass is 350 g/mol. The molecule has 3 rings (SSSR count). The van der Waals surface area contributed by atoms with E-state index in [0.717, 1.165) is 19.3 Å². The van der Waals surface area contributed by atoms with Crippen molar-refractivity contribution in [1.29, 1.82) is 0 Å². The zero-order valence-corrected chi connectivity index (χ0v) is 14.3. The van der Waals surface area contributed by atoms with E-state index in [-0.39, 0.29) is 11.8 Å². The Morgan fingerprint density at radius 2 is 1.92 bits per heavy atom. The van der Waals surface area contributed by atoms with Gasteiger partial charge < -0.3 is 14.7 Å². The summed E-state index contributed by atoms with van der Waals surface area (Å²) < 4.78 is 18.9. The number of piperazine rings is 1. The smallest absolute Gasteiger partial charge is 0.325 e. The fraction of sp³-hybridized carbons (Fsp3) is 0.556. The second-order valence-electron chi connectivity index (χ2n) is 6.62. The quantitative estimate of drug-likeness (QED) is 0.878. The van der Waals surface area contributed by atoms with Gasteiger partial charge in [0, 0.05) is 37.7 Å². The number of aliphatic carboxylic acids is 1. The Bertz CT molecular complexity index is 654. The number of rotatable bonds is 5. The molecule has 1 atom stereocenters. The lowest BCUT2D eigenvalue weighted by Crippen LogP contribution is -2.52. The summed E-state index contributed by atoms with van der Waals surface area (Å²) in [7, 11) is 1.44. The van der Waals surface area contributed by atoms with Gasteiger partial charge in [-0.1, -0.05) is 6.42 Å². The van der Waals surface area contributed by atoms with Crippen LogP contribution >= 0.6 is 0 Å². The minimum atomic E-state index is -1.05. The Balaban J connectivity index is 1.73. The van der Waals surface area contributed by atoms with E-state index < -0.39 is 17.8 Å². The van der Waals surface area contributed by atoms with Crippen LogP contribution in [0, 0.1) is 11.7 Å². The number of halogens is 1. The number of hydrogen-bond acceptors (Lipinski definition) is 4. The highest BCUT2D eigenvalue weighted by Gasteiger charge is 2.36. The summed E-state index contributed by atoms with van der Waals surface area (Å²) in [6.07, 6.45) is 3.02. The summed E-state index contributed by atoms with van der Waals surface area (Å²) >= 11 is 0. The van der Waals surface area contributed by atoms with Gasteiger partial charge in [-0.2, -0.15) is 0 Å². The lowest BCUT2D eigenvalue weighted by atomic mass is 9.84. The predicted octanol–water partition coefficient (Wildman–Crippen LogP) is 1.90. The maximum Gasteiger partial charge on any atom is 0.325 e. The van der Waals surface area contributed by atoms with E-state index in [0.29, 0.717) is 37.5 Å². The van der Waals surface area contributed by atoms with Gasteiger partial charge in [0.05, 0.1) is 7.11 Å². The number of hydrogen-bond donors (Lipinski definition) is 1. The fourth-order valence-corrected chi connectivity index (χ4v) is 3.52. The highest BCUT2D eigenvalue weighted by atomic mass is 19.1. The molecule has 25 heavy (non-hydrogen) atoms. The molecule has 0 bridgehead atoms. The van der Waals surface area contributed by atoms with Crippen molar-refractivity contribution >= 4 is 11.9 Å². The third kappa shape index (κ3) is 3.61. The summed E-state index contributed by atoms with van der Waals surface area (Å²) in [6.45, 7) is 1.87. The van der Waals surface area contributed by atoms with E-state index in [2.05, 4.69) is 0 Å². The van der Waals surface area contributed by atoms with Crippen LogP contribution in [0.4, 0.5) is 4.39 Å². The van der Waals surface area contributed by atoms with Crippen molar-refractivity contribution in [2.45, 2.75) is 25.3 Å². The van der Waals surface area contributed by atoms with Gasteiger partial charge in [0.15, 0.2) is 0 Å². The van der Waals surface area contributed by atoms with Crippen LogP contribution in [0.1, 0.15) is 30.9 Å². The molecule has 0 radical (unpaired) electrons. The van der Waals surface area contributed by atoms with Crippen LogP contribution in [0.3, 0.4) is 0 Å². The maximum atomic E-state index is 13.7. The lowest BCUT2D eigenvalue weighted by Gasteiger charge is -2.40. The lowest BCUT2D eigenvalue weighted by molar-refractivity contribution is -0.146.